The van der Waals surface area contributed by atoms with Gasteiger partial charge in [-0.05, 0) is 27.7 Å². The van der Waals surface area contributed by atoms with Gasteiger partial charge < -0.3 is 5.11 Å². The van der Waals surface area contributed by atoms with Gasteiger partial charge in [-0.3, -0.25) is 9.48 Å². The van der Waals surface area contributed by atoms with Crippen molar-refractivity contribution in [1.82, 2.24) is 9.78 Å². The van der Waals surface area contributed by atoms with E-state index >= 15 is 0 Å². The van der Waals surface area contributed by atoms with Crippen molar-refractivity contribution in [3.63, 3.8) is 0 Å². The fourth-order valence-corrected chi connectivity index (χ4v) is 2.68. The number of aryl methyl sites for hydroxylation is 1. The summed E-state index contributed by atoms with van der Waals surface area (Å²) in [4.78, 5) is 11.3. The zero-order chi connectivity index (χ0) is 13.9. The Morgan fingerprint density at radius 1 is 1.44 bits per heavy atom. The van der Waals surface area contributed by atoms with Gasteiger partial charge >= 0.3 is 5.97 Å². The Labute approximate surface area is 104 Å². The summed E-state index contributed by atoms with van der Waals surface area (Å²) >= 11 is 0. The molecule has 0 amide bonds. The van der Waals surface area contributed by atoms with E-state index < -0.39 is 23.7 Å². The predicted octanol–water partition coefficient (Wildman–Crippen LogP) is 2.44. The van der Waals surface area contributed by atoms with Crippen LogP contribution in [0.1, 0.15) is 43.3 Å². The summed E-state index contributed by atoms with van der Waals surface area (Å²) < 4.78 is 28.7. The molecule has 2 rings (SSSR count). The highest BCUT2D eigenvalue weighted by Gasteiger charge is 2.78. The largest absolute Gasteiger partial charge is 0.480 e. The zero-order valence-electron chi connectivity index (χ0n) is 10.8. The van der Waals surface area contributed by atoms with Crippen LogP contribution in [0.3, 0.4) is 0 Å². The van der Waals surface area contributed by atoms with Crippen LogP contribution < -0.4 is 0 Å². The predicted molar refractivity (Wildman–Crippen MR) is 61.0 cm³/mol. The highest BCUT2D eigenvalue weighted by molar-refractivity contribution is 5.88. The normalized spacial score (nSPS) is 25.5. The molecular formula is C12H16F2N2O2. The molecule has 1 aliphatic carbocycles. The average Bonchev–Trinajstić information content (AvgIpc) is 2.65. The zero-order valence-corrected chi connectivity index (χ0v) is 10.8. The minimum Gasteiger partial charge on any atom is -0.480 e. The molecule has 0 aromatic carbocycles. The molecule has 0 bridgehead atoms. The van der Waals surface area contributed by atoms with E-state index in [1.807, 2.05) is 13.8 Å². The maximum atomic E-state index is 13.5. The first-order valence-electron chi connectivity index (χ1n) is 5.82. The highest BCUT2D eigenvalue weighted by atomic mass is 19.3. The molecule has 1 aliphatic rings. The average molecular weight is 258 g/mol. The molecule has 1 heterocycles. The summed E-state index contributed by atoms with van der Waals surface area (Å²) in [5.74, 6) is -4.65. The summed E-state index contributed by atoms with van der Waals surface area (Å²) in [6.07, 6.45) is -0.638. The van der Waals surface area contributed by atoms with Gasteiger partial charge in [0.2, 0.25) is 0 Å². The van der Waals surface area contributed by atoms with Crippen molar-refractivity contribution >= 4 is 5.97 Å². The van der Waals surface area contributed by atoms with E-state index in [9.17, 15) is 18.7 Å². The summed E-state index contributed by atoms with van der Waals surface area (Å²) in [5, 5.41) is 13.4. The number of hydrogen-bond acceptors (Lipinski definition) is 2. The number of rotatable bonds is 3. The molecule has 1 aromatic heterocycles. The van der Waals surface area contributed by atoms with Gasteiger partial charge in [0.1, 0.15) is 0 Å². The molecule has 18 heavy (non-hydrogen) atoms. The van der Waals surface area contributed by atoms with Gasteiger partial charge in [0, 0.05) is 23.7 Å². The summed E-state index contributed by atoms with van der Waals surface area (Å²) in [5.41, 5.74) is -1.01. The monoisotopic (exact) mass is 258 g/mol. The van der Waals surface area contributed by atoms with Crippen LogP contribution in [0.4, 0.5) is 8.78 Å². The van der Waals surface area contributed by atoms with Crippen molar-refractivity contribution in [2.75, 3.05) is 0 Å². The van der Waals surface area contributed by atoms with Crippen LogP contribution in [0.2, 0.25) is 0 Å². The van der Waals surface area contributed by atoms with Crippen molar-refractivity contribution in [3.8, 4) is 0 Å². The van der Waals surface area contributed by atoms with E-state index in [1.54, 1.807) is 18.5 Å². The quantitative estimate of drug-likeness (QED) is 0.906. The molecule has 100 valence electrons. The first-order chi connectivity index (χ1) is 8.15. The molecule has 6 heteroatoms. The third-order valence-corrected chi connectivity index (χ3v) is 3.59. The van der Waals surface area contributed by atoms with Gasteiger partial charge in [-0.15, -0.1) is 0 Å². The van der Waals surface area contributed by atoms with Gasteiger partial charge in [0.25, 0.3) is 5.92 Å². The number of hydrogen-bond donors (Lipinski definition) is 1. The van der Waals surface area contributed by atoms with Crippen molar-refractivity contribution < 1.29 is 18.7 Å². The van der Waals surface area contributed by atoms with Gasteiger partial charge in [0.15, 0.2) is 5.41 Å². The molecule has 1 N–H and O–H groups in total. The number of alkyl halides is 2. The number of nitrogens with zero attached hydrogens (tertiary/aromatic N) is 2. The maximum Gasteiger partial charge on any atom is 0.320 e. The van der Waals surface area contributed by atoms with Crippen LogP contribution in [0.25, 0.3) is 0 Å². The fraction of sp³-hybridized carbons (Fsp3) is 0.667. The number of halogens is 2. The van der Waals surface area contributed by atoms with Gasteiger partial charge in [-0.2, -0.15) is 5.10 Å². The maximum absolute atomic E-state index is 13.5. The number of carboxylic acids is 1. The van der Waals surface area contributed by atoms with E-state index in [-0.39, 0.29) is 11.6 Å². The molecule has 0 aliphatic heterocycles. The molecule has 0 spiro atoms. The minimum absolute atomic E-state index is 0.00988. The Bertz CT molecular complexity index is 522. The first-order valence-corrected chi connectivity index (χ1v) is 5.82. The molecule has 0 saturated heterocycles. The third kappa shape index (κ3) is 1.41. The number of carbonyl (C=O) groups is 1. The summed E-state index contributed by atoms with van der Waals surface area (Å²) in [7, 11) is 0. The first kappa shape index (κ1) is 13.0. The van der Waals surface area contributed by atoms with Crippen LogP contribution in [-0.2, 0) is 10.2 Å². The topological polar surface area (TPSA) is 55.1 Å². The minimum atomic E-state index is -3.18. The second-order valence-electron chi connectivity index (χ2n) is 5.18. The second kappa shape index (κ2) is 3.52. The van der Waals surface area contributed by atoms with E-state index in [1.165, 1.54) is 0 Å². The SMILES string of the molecule is Cc1nn(C(C)C)c(C)c1C1(C(=O)O)CC1(F)F. The summed E-state index contributed by atoms with van der Waals surface area (Å²) in [6.45, 7) is 6.98. The lowest BCUT2D eigenvalue weighted by molar-refractivity contribution is -0.143. The highest BCUT2D eigenvalue weighted by Crippen LogP contribution is 2.63. The lowest BCUT2D eigenvalue weighted by Crippen LogP contribution is -2.28. The van der Waals surface area contributed by atoms with E-state index in [4.69, 9.17) is 0 Å². The molecule has 4 nitrogen and oxygen atoms in total. The van der Waals surface area contributed by atoms with Crippen molar-refractivity contribution in [3.05, 3.63) is 17.0 Å². The second-order valence-corrected chi connectivity index (χ2v) is 5.18. The standard InChI is InChI=1S/C12H16F2N2O2/c1-6(2)16-8(4)9(7(3)15-16)11(10(17)18)5-12(11,13)14/h6H,5H2,1-4H3,(H,17,18). The molecule has 0 radical (unpaired) electrons. The van der Waals surface area contributed by atoms with E-state index in [0.29, 0.717) is 11.4 Å². The number of carboxylic acid groups (broad SMARTS) is 1. The Balaban J connectivity index is 2.63. The van der Waals surface area contributed by atoms with E-state index in [0.717, 1.165) is 0 Å². The van der Waals surface area contributed by atoms with Crippen molar-refractivity contribution in [2.45, 2.75) is 51.5 Å². The molecule has 1 unspecified atom stereocenters. The van der Waals surface area contributed by atoms with Gasteiger partial charge in [-0.1, -0.05) is 0 Å². The van der Waals surface area contributed by atoms with Gasteiger partial charge in [0.05, 0.1) is 5.69 Å². The van der Waals surface area contributed by atoms with Crippen LogP contribution in [-0.4, -0.2) is 26.8 Å². The molecule has 1 aromatic rings. The molecule has 1 fully saturated rings. The molecule has 1 atom stereocenters. The van der Waals surface area contributed by atoms with Crippen LogP contribution >= 0.6 is 0 Å². The fourth-order valence-electron chi connectivity index (χ4n) is 2.68. The lowest BCUT2D eigenvalue weighted by Gasteiger charge is -2.13. The molecule has 1 saturated carbocycles. The number of aliphatic carboxylic acids is 1. The lowest BCUT2D eigenvalue weighted by atomic mass is 9.93. The Hall–Kier alpha value is -1.46. The summed E-state index contributed by atoms with van der Waals surface area (Å²) in [6, 6.07) is 0.00988. The Morgan fingerprint density at radius 2 is 1.94 bits per heavy atom. The third-order valence-electron chi connectivity index (χ3n) is 3.59. The Kier molecular flexibility index (Phi) is 2.54. The molecular weight excluding hydrogens is 242 g/mol. The number of aromatic nitrogens is 2. The smallest absolute Gasteiger partial charge is 0.320 e. The van der Waals surface area contributed by atoms with Crippen molar-refractivity contribution in [2.24, 2.45) is 0 Å². The Morgan fingerprint density at radius 3 is 2.22 bits per heavy atom. The van der Waals surface area contributed by atoms with E-state index in [2.05, 4.69) is 5.10 Å². The van der Waals surface area contributed by atoms with Crippen LogP contribution in [0.5, 0.6) is 0 Å². The van der Waals surface area contributed by atoms with Gasteiger partial charge in [-0.25, -0.2) is 8.78 Å². The van der Waals surface area contributed by atoms with Crippen molar-refractivity contribution in [1.29, 1.82) is 0 Å². The van der Waals surface area contributed by atoms with Crippen LogP contribution in [0, 0.1) is 13.8 Å². The van der Waals surface area contributed by atoms with Crippen LogP contribution in [0.15, 0.2) is 0 Å².